The molecule has 1 aliphatic carbocycles. The molecule has 9 nitrogen and oxygen atoms in total. The monoisotopic (exact) mass is 514 g/mol. The van der Waals surface area contributed by atoms with Crippen LogP contribution in [0.2, 0.25) is 0 Å². The molecule has 0 radical (unpaired) electrons. The van der Waals surface area contributed by atoms with Crippen LogP contribution >= 0.6 is 0 Å². The topological polar surface area (TPSA) is 107 Å². The van der Waals surface area contributed by atoms with E-state index >= 15 is 0 Å². The second-order valence-corrected chi connectivity index (χ2v) is 10.7. The summed E-state index contributed by atoms with van der Waals surface area (Å²) in [6, 6.07) is 15.0. The average molecular weight is 515 g/mol. The molecule has 9 heteroatoms. The van der Waals surface area contributed by atoms with E-state index in [0.717, 1.165) is 30.5 Å². The first-order valence-electron chi connectivity index (χ1n) is 13.5. The number of methoxy groups -OCH3 is 1. The van der Waals surface area contributed by atoms with Crippen LogP contribution in [0.15, 0.2) is 54.7 Å². The normalized spacial score (nSPS) is 23.2. The molecule has 3 aliphatic rings. The standard InChI is InChI=1S/C29H34N6O3/c1-38-27-13-21(9-10-22(27)15-30)28(36)34-17-24(35-18-25(31-32-35)20-7-8-20)14-26(34)29(37)33-12-11-23(16-33)19-5-3-2-4-6-19/h2-6,9-10,13,18,20,23-24,26H,7-8,11-12,14-17,30H2,1H3/t23-,24+,26+/m1/s1. The van der Waals surface area contributed by atoms with Crippen LogP contribution in [0.3, 0.4) is 0 Å². The number of ether oxygens (including phenoxy) is 1. The van der Waals surface area contributed by atoms with Crippen molar-refractivity contribution in [2.75, 3.05) is 26.7 Å². The maximum Gasteiger partial charge on any atom is 0.254 e. The highest BCUT2D eigenvalue weighted by atomic mass is 16.5. The predicted molar refractivity (Wildman–Crippen MR) is 142 cm³/mol. The summed E-state index contributed by atoms with van der Waals surface area (Å²) in [6.07, 6.45) is 5.73. The molecule has 3 aromatic rings. The Morgan fingerprint density at radius 2 is 1.87 bits per heavy atom. The van der Waals surface area contributed by atoms with Gasteiger partial charge in [-0.25, -0.2) is 4.68 Å². The molecule has 2 aliphatic heterocycles. The van der Waals surface area contributed by atoms with Crippen LogP contribution in [0, 0.1) is 0 Å². The fraction of sp³-hybridized carbons (Fsp3) is 0.448. The Balaban J connectivity index is 1.26. The van der Waals surface area contributed by atoms with Crippen LogP contribution in [0.4, 0.5) is 0 Å². The van der Waals surface area contributed by atoms with E-state index in [9.17, 15) is 9.59 Å². The van der Waals surface area contributed by atoms with Gasteiger partial charge in [-0.3, -0.25) is 9.59 Å². The van der Waals surface area contributed by atoms with E-state index in [0.29, 0.717) is 55.7 Å². The minimum absolute atomic E-state index is 0.00681. The van der Waals surface area contributed by atoms with Gasteiger partial charge in [-0.2, -0.15) is 0 Å². The van der Waals surface area contributed by atoms with Crippen LogP contribution < -0.4 is 10.5 Å². The number of likely N-dealkylation sites (tertiary alicyclic amines) is 2. The molecule has 3 heterocycles. The molecule has 3 atom stereocenters. The van der Waals surface area contributed by atoms with Gasteiger partial charge in [0, 0.05) is 61.8 Å². The van der Waals surface area contributed by atoms with Gasteiger partial charge < -0.3 is 20.3 Å². The smallest absolute Gasteiger partial charge is 0.254 e. The molecular weight excluding hydrogens is 480 g/mol. The molecule has 3 fully saturated rings. The Morgan fingerprint density at radius 1 is 1.05 bits per heavy atom. The molecule has 0 bridgehead atoms. The van der Waals surface area contributed by atoms with Gasteiger partial charge in [0.25, 0.3) is 5.91 Å². The summed E-state index contributed by atoms with van der Waals surface area (Å²) in [6.45, 7) is 2.08. The van der Waals surface area contributed by atoms with Crippen molar-refractivity contribution >= 4 is 11.8 Å². The lowest BCUT2D eigenvalue weighted by Crippen LogP contribution is -2.47. The van der Waals surface area contributed by atoms with Crippen molar-refractivity contribution in [3.63, 3.8) is 0 Å². The highest BCUT2D eigenvalue weighted by Crippen LogP contribution is 2.40. The largest absolute Gasteiger partial charge is 0.496 e. The third kappa shape index (κ3) is 4.67. The lowest BCUT2D eigenvalue weighted by atomic mass is 9.99. The first-order valence-corrected chi connectivity index (χ1v) is 13.5. The van der Waals surface area contributed by atoms with Gasteiger partial charge in [-0.1, -0.05) is 41.6 Å². The molecule has 1 saturated carbocycles. The SMILES string of the molecule is COc1cc(C(=O)N2C[C@@H](n3cc(C4CC4)nn3)C[C@H]2C(=O)N2CC[C@@H](c3ccccc3)C2)ccc1CN. The van der Waals surface area contributed by atoms with Crippen LogP contribution in [0.5, 0.6) is 5.75 Å². The summed E-state index contributed by atoms with van der Waals surface area (Å²) in [5.74, 6) is 1.20. The van der Waals surface area contributed by atoms with Crippen LogP contribution in [-0.2, 0) is 11.3 Å². The molecule has 38 heavy (non-hydrogen) atoms. The number of carbonyl (C=O) groups is 2. The molecule has 2 N–H and O–H groups in total. The van der Waals surface area contributed by atoms with Crippen molar-refractivity contribution in [2.45, 2.75) is 56.1 Å². The fourth-order valence-corrected chi connectivity index (χ4v) is 5.88. The third-order valence-corrected chi connectivity index (χ3v) is 8.25. The van der Waals surface area contributed by atoms with Crippen molar-refractivity contribution in [3.8, 4) is 5.75 Å². The molecule has 198 valence electrons. The van der Waals surface area contributed by atoms with E-state index in [2.05, 4.69) is 22.4 Å². The summed E-state index contributed by atoms with van der Waals surface area (Å²) < 4.78 is 7.33. The van der Waals surface area contributed by atoms with Gasteiger partial charge in [0.15, 0.2) is 0 Å². The lowest BCUT2D eigenvalue weighted by Gasteiger charge is -2.28. The van der Waals surface area contributed by atoms with Gasteiger partial charge in [-0.05, 0) is 37.0 Å². The van der Waals surface area contributed by atoms with Crippen molar-refractivity contribution in [1.29, 1.82) is 0 Å². The van der Waals surface area contributed by atoms with Gasteiger partial charge in [-0.15, -0.1) is 5.10 Å². The van der Waals surface area contributed by atoms with Gasteiger partial charge in [0.05, 0.1) is 18.8 Å². The van der Waals surface area contributed by atoms with Crippen molar-refractivity contribution in [1.82, 2.24) is 24.8 Å². The van der Waals surface area contributed by atoms with E-state index < -0.39 is 6.04 Å². The van der Waals surface area contributed by atoms with Gasteiger partial charge in [0.1, 0.15) is 11.8 Å². The Bertz CT molecular complexity index is 1320. The number of nitrogens with two attached hydrogens (primary N) is 1. The molecule has 2 aromatic carbocycles. The van der Waals surface area contributed by atoms with E-state index in [4.69, 9.17) is 10.5 Å². The summed E-state index contributed by atoms with van der Waals surface area (Å²) in [5, 5.41) is 8.76. The number of hydrogen-bond acceptors (Lipinski definition) is 6. The highest BCUT2D eigenvalue weighted by Gasteiger charge is 2.44. The zero-order chi connectivity index (χ0) is 26.2. The maximum absolute atomic E-state index is 13.9. The molecule has 0 spiro atoms. The molecule has 0 unspecified atom stereocenters. The second kappa shape index (κ2) is 10.2. The Kier molecular flexibility index (Phi) is 6.61. The molecule has 2 amide bonds. The van der Waals surface area contributed by atoms with Crippen LogP contribution in [0.1, 0.15) is 70.7 Å². The summed E-state index contributed by atoms with van der Waals surface area (Å²) in [5.41, 5.74) is 9.40. The van der Waals surface area contributed by atoms with Crippen molar-refractivity contribution in [3.05, 3.63) is 77.1 Å². The van der Waals surface area contributed by atoms with E-state index in [1.54, 1.807) is 24.1 Å². The summed E-state index contributed by atoms with van der Waals surface area (Å²) >= 11 is 0. The van der Waals surface area contributed by atoms with E-state index in [1.165, 1.54) is 5.56 Å². The number of rotatable bonds is 7. The first-order chi connectivity index (χ1) is 18.6. The molecule has 2 saturated heterocycles. The van der Waals surface area contributed by atoms with Gasteiger partial charge >= 0.3 is 0 Å². The minimum atomic E-state index is -0.559. The number of nitrogens with zero attached hydrogens (tertiary/aromatic N) is 5. The summed E-state index contributed by atoms with van der Waals surface area (Å²) in [4.78, 5) is 31.4. The quantitative estimate of drug-likeness (QED) is 0.519. The molecule has 6 rings (SSSR count). The Hall–Kier alpha value is -3.72. The van der Waals surface area contributed by atoms with Crippen LogP contribution in [-0.4, -0.2) is 69.4 Å². The fourth-order valence-electron chi connectivity index (χ4n) is 5.88. The number of aromatic nitrogens is 3. The number of amides is 2. The zero-order valence-electron chi connectivity index (χ0n) is 21.7. The number of hydrogen-bond donors (Lipinski definition) is 1. The van der Waals surface area contributed by atoms with Gasteiger partial charge in [0.2, 0.25) is 5.91 Å². The minimum Gasteiger partial charge on any atom is -0.496 e. The maximum atomic E-state index is 13.9. The predicted octanol–water partition coefficient (Wildman–Crippen LogP) is 3.09. The molecule has 1 aromatic heterocycles. The van der Waals surface area contributed by atoms with Crippen molar-refractivity contribution in [2.24, 2.45) is 5.73 Å². The Morgan fingerprint density at radius 3 is 2.61 bits per heavy atom. The lowest BCUT2D eigenvalue weighted by molar-refractivity contribution is -0.134. The summed E-state index contributed by atoms with van der Waals surface area (Å²) in [7, 11) is 1.57. The average Bonchev–Trinajstić information content (AvgIpc) is 3.35. The Labute approximate surface area is 222 Å². The highest BCUT2D eigenvalue weighted by molar-refractivity contribution is 5.98. The van der Waals surface area contributed by atoms with Crippen LogP contribution in [0.25, 0.3) is 0 Å². The van der Waals surface area contributed by atoms with Crippen molar-refractivity contribution < 1.29 is 14.3 Å². The first kappa shape index (κ1) is 24.6. The number of benzene rings is 2. The van der Waals surface area contributed by atoms with E-state index in [1.807, 2.05) is 40.0 Å². The molecular formula is C29H34N6O3. The van der Waals surface area contributed by atoms with E-state index in [-0.39, 0.29) is 17.9 Å². The number of carbonyl (C=O) groups excluding carboxylic acids is 2. The zero-order valence-corrected chi connectivity index (χ0v) is 21.7. The third-order valence-electron chi connectivity index (χ3n) is 8.25. The second-order valence-electron chi connectivity index (χ2n) is 10.7.